The van der Waals surface area contributed by atoms with Gasteiger partial charge in [-0.05, 0) is 38.9 Å². The fourth-order valence-corrected chi connectivity index (χ4v) is 1.74. The summed E-state index contributed by atoms with van der Waals surface area (Å²) in [5.74, 6) is -1.16. The van der Waals surface area contributed by atoms with Gasteiger partial charge in [0.25, 0.3) is 0 Å². The van der Waals surface area contributed by atoms with Crippen molar-refractivity contribution in [2.24, 2.45) is 0 Å². The number of carbonyl (C=O) groups excluding carboxylic acids is 1. The molecule has 1 aromatic carbocycles. The topological polar surface area (TPSA) is 69.6 Å². The number of nitrogens with zero attached hydrogens (tertiary/aromatic N) is 1. The number of carboxylic acids is 1. The van der Waals surface area contributed by atoms with Crippen molar-refractivity contribution in [3.63, 3.8) is 0 Å². The molecule has 1 atom stereocenters. The van der Waals surface area contributed by atoms with Crippen molar-refractivity contribution in [2.75, 3.05) is 18.9 Å². The third-order valence-electron chi connectivity index (χ3n) is 3.16. The van der Waals surface area contributed by atoms with E-state index in [2.05, 4.69) is 5.32 Å². The molecule has 0 aliphatic carbocycles. The second kappa shape index (κ2) is 6.33. The molecule has 0 fully saturated rings. The van der Waals surface area contributed by atoms with Crippen LogP contribution < -0.4 is 5.32 Å². The van der Waals surface area contributed by atoms with E-state index in [1.807, 2.05) is 32.0 Å². The van der Waals surface area contributed by atoms with Gasteiger partial charge < -0.3 is 10.4 Å². The van der Waals surface area contributed by atoms with Crippen LogP contribution in [0.1, 0.15) is 18.1 Å². The maximum absolute atomic E-state index is 11.9. The molecule has 1 rings (SSSR count). The van der Waals surface area contributed by atoms with Crippen LogP contribution in [0.3, 0.4) is 0 Å². The third kappa shape index (κ3) is 4.06. The summed E-state index contributed by atoms with van der Waals surface area (Å²) in [6, 6.07) is 5.08. The maximum atomic E-state index is 11.9. The zero-order chi connectivity index (χ0) is 14.6. The Morgan fingerprint density at radius 1 is 1.32 bits per heavy atom. The fourth-order valence-electron chi connectivity index (χ4n) is 1.74. The molecule has 0 heterocycles. The monoisotopic (exact) mass is 264 g/mol. The van der Waals surface area contributed by atoms with Crippen molar-refractivity contribution >= 4 is 17.6 Å². The zero-order valence-electron chi connectivity index (χ0n) is 11.7. The van der Waals surface area contributed by atoms with Crippen LogP contribution in [0.5, 0.6) is 0 Å². The molecule has 0 radical (unpaired) electrons. The number of carboxylic acid groups (broad SMARTS) is 1. The Hall–Kier alpha value is -1.88. The number of aliphatic carboxylic acids is 1. The number of benzene rings is 1. The molecule has 0 aromatic heterocycles. The predicted octanol–water partition coefficient (Wildman–Crippen LogP) is 1.65. The van der Waals surface area contributed by atoms with Crippen LogP contribution in [0.4, 0.5) is 5.69 Å². The number of anilines is 1. The van der Waals surface area contributed by atoms with Gasteiger partial charge in [0.15, 0.2) is 0 Å². The van der Waals surface area contributed by atoms with Gasteiger partial charge in [-0.25, -0.2) is 0 Å². The van der Waals surface area contributed by atoms with Gasteiger partial charge in [-0.1, -0.05) is 18.2 Å². The normalized spacial score (nSPS) is 12.3. The van der Waals surface area contributed by atoms with Crippen molar-refractivity contribution in [3.8, 4) is 0 Å². The Morgan fingerprint density at radius 3 is 2.32 bits per heavy atom. The molecule has 0 aliphatic rings. The lowest BCUT2D eigenvalue weighted by molar-refractivity contribution is -0.142. The van der Waals surface area contributed by atoms with Crippen LogP contribution in [0.2, 0.25) is 0 Å². The van der Waals surface area contributed by atoms with Crippen molar-refractivity contribution in [3.05, 3.63) is 29.3 Å². The number of likely N-dealkylation sites (N-methyl/N-ethyl adjacent to an activating group) is 1. The molecule has 0 aliphatic heterocycles. The highest BCUT2D eigenvalue weighted by atomic mass is 16.4. The fraction of sp³-hybridized carbons (Fsp3) is 0.429. The van der Waals surface area contributed by atoms with Crippen molar-refractivity contribution in [1.82, 2.24) is 4.90 Å². The number of aryl methyl sites for hydroxylation is 2. The molecule has 1 aromatic rings. The Morgan fingerprint density at radius 2 is 1.84 bits per heavy atom. The number of nitrogens with one attached hydrogen (secondary N) is 1. The van der Waals surface area contributed by atoms with Gasteiger partial charge in [0.1, 0.15) is 6.04 Å². The van der Waals surface area contributed by atoms with Crippen molar-refractivity contribution in [2.45, 2.75) is 26.8 Å². The lowest BCUT2D eigenvalue weighted by atomic mass is 10.1. The maximum Gasteiger partial charge on any atom is 0.320 e. The lowest BCUT2D eigenvalue weighted by Gasteiger charge is -2.21. The van der Waals surface area contributed by atoms with E-state index in [0.29, 0.717) is 0 Å². The molecule has 0 saturated carbocycles. The Labute approximate surface area is 113 Å². The van der Waals surface area contributed by atoms with Crippen LogP contribution >= 0.6 is 0 Å². The van der Waals surface area contributed by atoms with E-state index >= 15 is 0 Å². The molecule has 2 N–H and O–H groups in total. The van der Waals surface area contributed by atoms with Gasteiger partial charge >= 0.3 is 5.97 Å². The van der Waals surface area contributed by atoms with Gasteiger partial charge in [-0.2, -0.15) is 0 Å². The second-order valence-electron chi connectivity index (χ2n) is 4.74. The van der Waals surface area contributed by atoms with Crippen LogP contribution in [0.15, 0.2) is 18.2 Å². The van der Waals surface area contributed by atoms with Crippen LogP contribution in [0, 0.1) is 13.8 Å². The first-order valence-corrected chi connectivity index (χ1v) is 6.12. The van der Waals surface area contributed by atoms with E-state index in [1.165, 1.54) is 4.90 Å². The highest BCUT2D eigenvalue weighted by molar-refractivity contribution is 5.94. The molecule has 0 saturated heterocycles. The average molecular weight is 264 g/mol. The number of amides is 1. The summed E-state index contributed by atoms with van der Waals surface area (Å²) in [5, 5.41) is 11.7. The molecule has 0 bridgehead atoms. The van der Waals surface area contributed by atoms with Gasteiger partial charge in [0.2, 0.25) is 5.91 Å². The van der Waals surface area contributed by atoms with Crippen LogP contribution in [-0.2, 0) is 9.59 Å². The summed E-state index contributed by atoms with van der Waals surface area (Å²) >= 11 is 0. The number of rotatable bonds is 5. The first kappa shape index (κ1) is 15.2. The summed E-state index contributed by atoms with van der Waals surface area (Å²) in [5.41, 5.74) is 2.77. The minimum atomic E-state index is -0.942. The number of hydrogen-bond donors (Lipinski definition) is 2. The van der Waals surface area contributed by atoms with Gasteiger partial charge in [0, 0.05) is 5.69 Å². The predicted molar refractivity (Wildman–Crippen MR) is 74.3 cm³/mol. The average Bonchev–Trinajstić information content (AvgIpc) is 2.32. The van der Waals surface area contributed by atoms with Crippen molar-refractivity contribution in [1.29, 1.82) is 0 Å². The highest BCUT2D eigenvalue weighted by Crippen LogP contribution is 2.19. The molecule has 0 spiro atoms. The molecule has 1 unspecified atom stereocenters. The quantitative estimate of drug-likeness (QED) is 0.848. The SMILES string of the molecule is Cc1cccc(C)c1NC(=O)CN(C)C(C)C(=O)O. The Balaban J connectivity index is 2.68. The van der Waals surface area contributed by atoms with Gasteiger partial charge in [0.05, 0.1) is 6.54 Å². The summed E-state index contributed by atoms with van der Waals surface area (Å²) in [7, 11) is 1.61. The van der Waals surface area contributed by atoms with E-state index in [4.69, 9.17) is 5.11 Å². The van der Waals surface area contributed by atoms with E-state index in [0.717, 1.165) is 16.8 Å². The molecule has 5 heteroatoms. The largest absolute Gasteiger partial charge is 0.480 e. The zero-order valence-corrected chi connectivity index (χ0v) is 11.7. The van der Waals surface area contributed by atoms with Crippen LogP contribution in [-0.4, -0.2) is 41.5 Å². The summed E-state index contributed by atoms with van der Waals surface area (Å²) in [4.78, 5) is 24.2. The first-order chi connectivity index (χ1) is 8.82. The molecule has 1 amide bonds. The Bertz CT molecular complexity index is 465. The molecule has 5 nitrogen and oxygen atoms in total. The van der Waals surface area contributed by atoms with E-state index in [-0.39, 0.29) is 12.5 Å². The smallest absolute Gasteiger partial charge is 0.320 e. The minimum absolute atomic E-state index is 0.0429. The molecule has 19 heavy (non-hydrogen) atoms. The summed E-state index contributed by atoms with van der Waals surface area (Å²) in [6.45, 7) is 5.44. The highest BCUT2D eigenvalue weighted by Gasteiger charge is 2.19. The van der Waals surface area contributed by atoms with Gasteiger partial charge in [-0.3, -0.25) is 14.5 Å². The number of carbonyl (C=O) groups is 2. The second-order valence-corrected chi connectivity index (χ2v) is 4.74. The van der Waals surface area contributed by atoms with E-state index in [1.54, 1.807) is 14.0 Å². The van der Waals surface area contributed by atoms with Gasteiger partial charge in [-0.15, -0.1) is 0 Å². The molecular formula is C14H20N2O3. The first-order valence-electron chi connectivity index (χ1n) is 6.12. The lowest BCUT2D eigenvalue weighted by Crippen LogP contribution is -2.40. The molecule has 104 valence electrons. The molecular weight excluding hydrogens is 244 g/mol. The summed E-state index contributed by atoms with van der Waals surface area (Å²) in [6.07, 6.45) is 0. The number of hydrogen-bond acceptors (Lipinski definition) is 3. The van der Waals surface area contributed by atoms with Crippen LogP contribution in [0.25, 0.3) is 0 Å². The summed E-state index contributed by atoms with van der Waals surface area (Å²) < 4.78 is 0. The Kier molecular flexibility index (Phi) is 5.06. The van der Waals surface area contributed by atoms with Crippen molar-refractivity contribution < 1.29 is 14.7 Å². The van der Waals surface area contributed by atoms with E-state index < -0.39 is 12.0 Å². The standard InChI is InChI=1S/C14H20N2O3/c1-9-6-5-7-10(2)13(9)15-12(17)8-16(4)11(3)14(18)19/h5-7,11H,8H2,1-4H3,(H,15,17)(H,18,19). The third-order valence-corrected chi connectivity index (χ3v) is 3.16. The van der Waals surface area contributed by atoms with E-state index in [9.17, 15) is 9.59 Å². The number of para-hydroxylation sites is 1. The minimum Gasteiger partial charge on any atom is -0.480 e.